The minimum Gasteiger partial charge on any atom is -0.497 e. The average molecular weight is 267 g/mol. The minimum absolute atomic E-state index is 0.0519. The molecule has 1 rings (SSSR count). The number of aliphatic hydroxyl groups excluding tert-OH is 1. The second-order valence-corrected chi connectivity index (χ2v) is 4.13. The molecule has 2 N–H and O–H groups in total. The Hall–Kier alpha value is -1.75. The van der Waals surface area contributed by atoms with Crippen molar-refractivity contribution < 1.29 is 19.4 Å². The van der Waals surface area contributed by atoms with E-state index in [1.165, 1.54) is 0 Å². The van der Waals surface area contributed by atoms with Gasteiger partial charge in [-0.2, -0.15) is 0 Å². The van der Waals surface area contributed by atoms with Crippen LogP contribution in [0.2, 0.25) is 0 Å². The molecule has 0 aliphatic rings. The summed E-state index contributed by atoms with van der Waals surface area (Å²) < 4.78 is 10.7. The molecule has 0 radical (unpaired) electrons. The molecule has 1 atom stereocenters. The number of carbonyl (C=O) groups excluding carboxylic acids is 1. The summed E-state index contributed by atoms with van der Waals surface area (Å²) in [5.41, 5.74) is 0.677. The van der Waals surface area contributed by atoms with E-state index >= 15 is 0 Å². The predicted molar refractivity (Wildman–Crippen MR) is 72.4 cm³/mol. The van der Waals surface area contributed by atoms with E-state index in [1.807, 2.05) is 6.92 Å². The number of methoxy groups -OCH3 is 1. The quantitative estimate of drug-likeness (QED) is 0.788. The summed E-state index contributed by atoms with van der Waals surface area (Å²) in [6, 6.07) is 5.23. The molecule has 0 aliphatic heterocycles. The summed E-state index contributed by atoms with van der Waals surface area (Å²) in [5.74, 6) is 1.14. The molecular formula is C14H21NO4. The van der Waals surface area contributed by atoms with Gasteiger partial charge in [0.1, 0.15) is 11.5 Å². The molecule has 0 aromatic heterocycles. The molecule has 0 fully saturated rings. The maximum atomic E-state index is 11.3. The first-order valence-corrected chi connectivity index (χ1v) is 6.34. The Balaban J connectivity index is 2.67. The van der Waals surface area contributed by atoms with Gasteiger partial charge in [-0.1, -0.05) is 0 Å². The monoisotopic (exact) mass is 267 g/mol. The van der Waals surface area contributed by atoms with Crippen LogP contribution in [-0.4, -0.2) is 31.3 Å². The van der Waals surface area contributed by atoms with Crippen LogP contribution in [0.4, 0.5) is 0 Å². The van der Waals surface area contributed by atoms with Gasteiger partial charge in [0.2, 0.25) is 5.91 Å². The van der Waals surface area contributed by atoms with Gasteiger partial charge in [-0.05, 0) is 26.0 Å². The largest absolute Gasteiger partial charge is 0.497 e. The fourth-order valence-corrected chi connectivity index (χ4v) is 1.65. The van der Waals surface area contributed by atoms with Crippen LogP contribution in [0.5, 0.6) is 11.5 Å². The summed E-state index contributed by atoms with van der Waals surface area (Å²) >= 11 is 0. The molecule has 0 bridgehead atoms. The van der Waals surface area contributed by atoms with E-state index < -0.39 is 6.10 Å². The van der Waals surface area contributed by atoms with Crippen molar-refractivity contribution >= 4 is 5.91 Å². The van der Waals surface area contributed by atoms with Crippen LogP contribution in [0.15, 0.2) is 18.2 Å². The number of amides is 1. The van der Waals surface area contributed by atoms with E-state index in [0.29, 0.717) is 23.6 Å². The number of carbonyl (C=O) groups is 1. The van der Waals surface area contributed by atoms with Crippen LogP contribution < -0.4 is 14.8 Å². The number of benzene rings is 1. The van der Waals surface area contributed by atoms with Gasteiger partial charge in [0.25, 0.3) is 0 Å². The lowest BCUT2D eigenvalue weighted by Gasteiger charge is -2.14. The molecule has 19 heavy (non-hydrogen) atoms. The van der Waals surface area contributed by atoms with E-state index in [-0.39, 0.29) is 18.9 Å². The van der Waals surface area contributed by atoms with E-state index in [4.69, 9.17) is 9.47 Å². The highest BCUT2D eigenvalue weighted by Gasteiger charge is 2.11. The highest BCUT2D eigenvalue weighted by Crippen LogP contribution is 2.29. The molecule has 0 heterocycles. The molecule has 0 unspecified atom stereocenters. The molecule has 106 valence electrons. The van der Waals surface area contributed by atoms with Crippen LogP contribution in [0.1, 0.15) is 31.9 Å². The van der Waals surface area contributed by atoms with E-state index in [1.54, 1.807) is 32.2 Å². The number of hydrogen-bond donors (Lipinski definition) is 2. The van der Waals surface area contributed by atoms with E-state index in [0.717, 1.165) is 0 Å². The normalized spacial score (nSPS) is 11.8. The smallest absolute Gasteiger partial charge is 0.223 e. The first-order chi connectivity index (χ1) is 9.08. The van der Waals surface area contributed by atoms with Gasteiger partial charge in [-0.25, -0.2) is 0 Å². The Labute approximate surface area is 113 Å². The maximum absolute atomic E-state index is 11.3. The zero-order chi connectivity index (χ0) is 14.3. The Morgan fingerprint density at radius 1 is 1.47 bits per heavy atom. The third kappa shape index (κ3) is 4.79. The van der Waals surface area contributed by atoms with Gasteiger partial charge in [-0.3, -0.25) is 4.79 Å². The number of hydrogen-bond acceptors (Lipinski definition) is 4. The number of aliphatic hydroxyl groups is 1. The number of nitrogens with one attached hydrogen (secondary N) is 1. The Morgan fingerprint density at radius 3 is 2.79 bits per heavy atom. The lowest BCUT2D eigenvalue weighted by Crippen LogP contribution is -2.24. The van der Waals surface area contributed by atoms with Crippen LogP contribution in [-0.2, 0) is 4.79 Å². The lowest BCUT2D eigenvalue weighted by molar-refractivity contribution is -0.121. The van der Waals surface area contributed by atoms with Gasteiger partial charge in [-0.15, -0.1) is 0 Å². The van der Waals surface area contributed by atoms with Crippen molar-refractivity contribution in [3.63, 3.8) is 0 Å². The summed E-state index contributed by atoms with van der Waals surface area (Å²) in [5, 5.41) is 12.4. The average Bonchev–Trinajstić information content (AvgIpc) is 2.38. The van der Waals surface area contributed by atoms with Gasteiger partial charge < -0.3 is 19.9 Å². The first kappa shape index (κ1) is 15.3. The highest BCUT2D eigenvalue weighted by molar-refractivity contribution is 5.75. The van der Waals surface area contributed by atoms with Crippen LogP contribution in [0.3, 0.4) is 0 Å². The first-order valence-electron chi connectivity index (χ1n) is 6.34. The Bertz CT molecular complexity index is 418. The van der Waals surface area contributed by atoms with Crippen molar-refractivity contribution in [2.24, 2.45) is 0 Å². The molecule has 0 saturated heterocycles. The second-order valence-electron chi connectivity index (χ2n) is 4.13. The Kier molecular flexibility index (Phi) is 6.15. The van der Waals surface area contributed by atoms with Gasteiger partial charge in [0.15, 0.2) is 0 Å². The molecule has 1 aromatic carbocycles. The zero-order valence-electron chi connectivity index (χ0n) is 11.6. The fourth-order valence-electron chi connectivity index (χ4n) is 1.65. The summed E-state index contributed by atoms with van der Waals surface area (Å²) in [6.07, 6.45) is -0.352. The number of rotatable bonds is 7. The lowest BCUT2D eigenvalue weighted by atomic mass is 10.1. The molecule has 0 spiro atoms. The summed E-state index contributed by atoms with van der Waals surface area (Å²) in [6.45, 7) is 4.40. The number of ether oxygens (including phenoxy) is 2. The minimum atomic E-state index is -0.634. The molecule has 5 nitrogen and oxygen atoms in total. The second kappa shape index (κ2) is 7.63. The predicted octanol–water partition coefficient (Wildman–Crippen LogP) is 1.65. The summed E-state index contributed by atoms with van der Waals surface area (Å²) in [4.78, 5) is 11.3. The SMILES string of the molecule is CCNC(=O)CCOc1cc(OC)ccc1[C@H](C)O. The van der Waals surface area contributed by atoms with Crippen molar-refractivity contribution in [3.8, 4) is 11.5 Å². The van der Waals surface area contributed by atoms with Crippen LogP contribution in [0.25, 0.3) is 0 Å². The van der Waals surface area contributed by atoms with Crippen molar-refractivity contribution in [2.45, 2.75) is 26.4 Å². The molecule has 0 saturated carbocycles. The van der Waals surface area contributed by atoms with Crippen LogP contribution in [0, 0.1) is 0 Å². The van der Waals surface area contributed by atoms with E-state index in [2.05, 4.69) is 5.32 Å². The molecule has 1 amide bonds. The molecule has 1 aromatic rings. The van der Waals surface area contributed by atoms with Gasteiger partial charge >= 0.3 is 0 Å². The highest BCUT2D eigenvalue weighted by atomic mass is 16.5. The zero-order valence-corrected chi connectivity index (χ0v) is 11.6. The van der Waals surface area contributed by atoms with E-state index in [9.17, 15) is 9.90 Å². The third-order valence-electron chi connectivity index (χ3n) is 2.63. The maximum Gasteiger partial charge on any atom is 0.223 e. The molecule has 0 aliphatic carbocycles. The van der Waals surface area contributed by atoms with Gasteiger partial charge in [0, 0.05) is 18.2 Å². The van der Waals surface area contributed by atoms with Crippen molar-refractivity contribution in [1.29, 1.82) is 0 Å². The third-order valence-corrected chi connectivity index (χ3v) is 2.63. The van der Waals surface area contributed by atoms with Gasteiger partial charge in [0.05, 0.1) is 26.2 Å². The molecular weight excluding hydrogens is 246 g/mol. The van der Waals surface area contributed by atoms with Crippen molar-refractivity contribution in [1.82, 2.24) is 5.32 Å². The topological polar surface area (TPSA) is 67.8 Å². The summed E-state index contributed by atoms with van der Waals surface area (Å²) in [7, 11) is 1.57. The van der Waals surface area contributed by atoms with Crippen LogP contribution >= 0.6 is 0 Å². The Morgan fingerprint density at radius 2 is 2.21 bits per heavy atom. The standard InChI is InChI=1S/C14H21NO4/c1-4-15-14(17)7-8-19-13-9-11(18-3)5-6-12(13)10(2)16/h5-6,9-10,16H,4,7-8H2,1-3H3,(H,15,17)/t10-/m0/s1. The molecule has 5 heteroatoms. The van der Waals surface area contributed by atoms with Crippen molar-refractivity contribution in [2.75, 3.05) is 20.3 Å². The van der Waals surface area contributed by atoms with Crippen molar-refractivity contribution in [3.05, 3.63) is 23.8 Å². The fraction of sp³-hybridized carbons (Fsp3) is 0.500.